The molecule has 4 nitrogen and oxygen atoms in total. The van der Waals surface area contributed by atoms with Crippen molar-refractivity contribution < 1.29 is 14.3 Å². The fraction of sp³-hybridized carbons (Fsp3) is 0.200. The molecule has 2 rings (SSSR count). The molecule has 0 fully saturated rings. The number of benzene rings is 1. The van der Waals surface area contributed by atoms with Crippen molar-refractivity contribution >= 4 is 11.9 Å². The molecule has 1 aromatic rings. The summed E-state index contributed by atoms with van der Waals surface area (Å²) in [5, 5.41) is 0. The molecule has 72 valence electrons. The van der Waals surface area contributed by atoms with Gasteiger partial charge in [-0.05, 0) is 11.6 Å². The minimum Gasteiger partial charge on any atom is -0.457 e. The Morgan fingerprint density at radius 2 is 2.29 bits per heavy atom. The van der Waals surface area contributed by atoms with Crippen molar-refractivity contribution in [3.63, 3.8) is 0 Å². The van der Waals surface area contributed by atoms with Crippen molar-refractivity contribution in [1.82, 2.24) is 0 Å². The van der Waals surface area contributed by atoms with Gasteiger partial charge in [-0.25, -0.2) is 4.79 Å². The number of carbonyl (C=O) groups excluding carboxylic acids is 2. The van der Waals surface area contributed by atoms with Gasteiger partial charge in [0.15, 0.2) is 0 Å². The summed E-state index contributed by atoms with van der Waals surface area (Å²) < 4.78 is 4.85. The molecule has 1 heterocycles. The number of hydrogen-bond donors (Lipinski definition) is 1. The molecule has 4 heteroatoms. The highest BCUT2D eigenvalue weighted by Gasteiger charge is 2.23. The molecule has 14 heavy (non-hydrogen) atoms. The third-order valence-corrected chi connectivity index (χ3v) is 2.21. The second-order valence-electron chi connectivity index (χ2n) is 3.16. The highest BCUT2D eigenvalue weighted by molar-refractivity contribution is 5.94. The first-order valence-corrected chi connectivity index (χ1v) is 4.24. The number of hydrogen-bond acceptors (Lipinski definition) is 3. The van der Waals surface area contributed by atoms with E-state index < -0.39 is 5.91 Å². The first kappa shape index (κ1) is 8.74. The average molecular weight is 191 g/mol. The minimum absolute atomic E-state index is 0.153. The van der Waals surface area contributed by atoms with Gasteiger partial charge in [-0.3, -0.25) is 4.79 Å². The largest absolute Gasteiger partial charge is 0.457 e. The van der Waals surface area contributed by atoms with Gasteiger partial charge in [-0.15, -0.1) is 0 Å². The molecule has 0 atom stereocenters. The standard InChI is InChI=1S/C10H9NO3/c11-9(12)4-6-2-1-3-7-8(6)5-14-10(7)13/h1-3H,4-5H2,(H2,11,12). The topological polar surface area (TPSA) is 69.4 Å². The Bertz CT molecular complexity index is 412. The highest BCUT2D eigenvalue weighted by Crippen LogP contribution is 2.23. The Balaban J connectivity index is 2.43. The minimum atomic E-state index is -0.405. The molecule has 0 bridgehead atoms. The van der Waals surface area contributed by atoms with Gasteiger partial charge >= 0.3 is 5.97 Å². The maximum Gasteiger partial charge on any atom is 0.338 e. The molecule has 0 saturated carbocycles. The van der Waals surface area contributed by atoms with Crippen LogP contribution in [0.4, 0.5) is 0 Å². The van der Waals surface area contributed by atoms with E-state index in [9.17, 15) is 9.59 Å². The van der Waals surface area contributed by atoms with Crippen molar-refractivity contribution in [3.05, 3.63) is 34.9 Å². The Kier molecular flexibility index (Phi) is 1.96. The number of carbonyl (C=O) groups is 2. The lowest BCUT2D eigenvalue weighted by Crippen LogP contribution is -2.14. The van der Waals surface area contributed by atoms with Gasteiger partial charge in [0.1, 0.15) is 6.61 Å². The predicted octanol–water partition coefficient (Wildman–Crippen LogP) is 0.385. The maximum atomic E-state index is 11.2. The average Bonchev–Trinajstić information content (AvgIpc) is 2.49. The zero-order valence-corrected chi connectivity index (χ0v) is 7.45. The van der Waals surface area contributed by atoms with Gasteiger partial charge in [0.25, 0.3) is 0 Å². The lowest BCUT2D eigenvalue weighted by molar-refractivity contribution is -0.117. The summed E-state index contributed by atoms with van der Waals surface area (Å²) in [5.41, 5.74) is 7.20. The maximum absolute atomic E-state index is 11.2. The van der Waals surface area contributed by atoms with E-state index >= 15 is 0 Å². The van der Waals surface area contributed by atoms with Crippen molar-refractivity contribution in [3.8, 4) is 0 Å². The van der Waals surface area contributed by atoms with Crippen LogP contribution in [-0.2, 0) is 22.6 Å². The number of primary amides is 1. The summed E-state index contributed by atoms with van der Waals surface area (Å²) in [6.07, 6.45) is 0.153. The molecule has 0 aliphatic carbocycles. The Morgan fingerprint density at radius 1 is 1.50 bits per heavy atom. The second kappa shape index (κ2) is 3.14. The van der Waals surface area contributed by atoms with E-state index in [4.69, 9.17) is 10.5 Å². The quantitative estimate of drug-likeness (QED) is 0.687. The number of amides is 1. The summed E-state index contributed by atoms with van der Waals surface area (Å²) in [6.45, 7) is 0.248. The van der Waals surface area contributed by atoms with Gasteiger partial charge in [-0.2, -0.15) is 0 Å². The number of cyclic esters (lactones) is 1. The molecule has 0 saturated heterocycles. The summed E-state index contributed by atoms with van der Waals surface area (Å²) in [4.78, 5) is 21.9. The highest BCUT2D eigenvalue weighted by atomic mass is 16.5. The van der Waals surface area contributed by atoms with Crippen LogP contribution >= 0.6 is 0 Å². The van der Waals surface area contributed by atoms with Crippen LogP contribution in [0.1, 0.15) is 21.5 Å². The van der Waals surface area contributed by atoms with Crippen LogP contribution < -0.4 is 5.73 Å². The lowest BCUT2D eigenvalue weighted by atomic mass is 10.0. The summed E-state index contributed by atoms with van der Waals surface area (Å²) >= 11 is 0. The Hall–Kier alpha value is -1.84. The molecule has 0 aromatic heterocycles. The van der Waals surface area contributed by atoms with Crippen LogP contribution in [0.15, 0.2) is 18.2 Å². The van der Waals surface area contributed by atoms with Crippen LogP contribution in [0.3, 0.4) is 0 Å². The number of rotatable bonds is 2. The molecule has 1 amide bonds. The number of nitrogens with two attached hydrogens (primary N) is 1. The predicted molar refractivity (Wildman–Crippen MR) is 48.5 cm³/mol. The molecule has 1 aromatic carbocycles. The van der Waals surface area contributed by atoms with E-state index in [-0.39, 0.29) is 19.0 Å². The summed E-state index contributed by atoms with van der Waals surface area (Å²) in [6, 6.07) is 5.20. The third kappa shape index (κ3) is 1.35. The fourth-order valence-corrected chi connectivity index (χ4v) is 1.57. The zero-order chi connectivity index (χ0) is 10.1. The van der Waals surface area contributed by atoms with Crippen molar-refractivity contribution in [2.45, 2.75) is 13.0 Å². The molecular weight excluding hydrogens is 182 g/mol. The van der Waals surface area contributed by atoms with E-state index in [1.165, 1.54) is 0 Å². The van der Waals surface area contributed by atoms with Crippen LogP contribution in [0, 0.1) is 0 Å². The van der Waals surface area contributed by atoms with E-state index in [0.717, 1.165) is 11.1 Å². The van der Waals surface area contributed by atoms with Gasteiger partial charge < -0.3 is 10.5 Å². The first-order chi connectivity index (χ1) is 6.68. The molecule has 2 N–H and O–H groups in total. The molecule has 1 aliphatic heterocycles. The lowest BCUT2D eigenvalue weighted by Gasteiger charge is -2.02. The van der Waals surface area contributed by atoms with E-state index in [1.54, 1.807) is 18.2 Å². The van der Waals surface area contributed by atoms with Crippen LogP contribution in [0.25, 0.3) is 0 Å². The molecule has 0 spiro atoms. The Labute approximate surface area is 80.7 Å². The number of ether oxygens (including phenoxy) is 1. The zero-order valence-electron chi connectivity index (χ0n) is 7.45. The number of esters is 1. The van der Waals surface area contributed by atoms with Crippen LogP contribution in [0.5, 0.6) is 0 Å². The SMILES string of the molecule is NC(=O)Cc1cccc2c1COC2=O. The van der Waals surface area contributed by atoms with Crippen molar-refractivity contribution in [1.29, 1.82) is 0 Å². The van der Waals surface area contributed by atoms with E-state index in [1.807, 2.05) is 0 Å². The van der Waals surface area contributed by atoms with Crippen LogP contribution in [-0.4, -0.2) is 11.9 Å². The molecule has 0 unspecified atom stereocenters. The smallest absolute Gasteiger partial charge is 0.338 e. The molecule has 0 radical (unpaired) electrons. The molecular formula is C10H9NO3. The van der Waals surface area contributed by atoms with Crippen LogP contribution in [0.2, 0.25) is 0 Å². The van der Waals surface area contributed by atoms with Gasteiger partial charge in [0.05, 0.1) is 12.0 Å². The van der Waals surface area contributed by atoms with Gasteiger partial charge in [0.2, 0.25) is 5.91 Å². The second-order valence-corrected chi connectivity index (χ2v) is 3.16. The normalized spacial score (nSPS) is 13.6. The van der Waals surface area contributed by atoms with E-state index in [0.29, 0.717) is 5.56 Å². The third-order valence-electron chi connectivity index (χ3n) is 2.21. The monoisotopic (exact) mass is 191 g/mol. The summed E-state index contributed by atoms with van der Waals surface area (Å²) in [5.74, 6) is -0.732. The first-order valence-electron chi connectivity index (χ1n) is 4.24. The summed E-state index contributed by atoms with van der Waals surface area (Å²) in [7, 11) is 0. The molecule has 1 aliphatic rings. The van der Waals surface area contributed by atoms with E-state index in [2.05, 4.69) is 0 Å². The van der Waals surface area contributed by atoms with Crippen molar-refractivity contribution in [2.75, 3.05) is 0 Å². The number of fused-ring (bicyclic) bond motifs is 1. The van der Waals surface area contributed by atoms with Crippen molar-refractivity contribution in [2.24, 2.45) is 5.73 Å². The fourth-order valence-electron chi connectivity index (χ4n) is 1.57. The Morgan fingerprint density at radius 3 is 3.00 bits per heavy atom. The van der Waals surface area contributed by atoms with Gasteiger partial charge in [-0.1, -0.05) is 12.1 Å². The van der Waals surface area contributed by atoms with Gasteiger partial charge in [0, 0.05) is 5.56 Å².